The molecule has 0 saturated carbocycles. The van der Waals surface area contributed by atoms with Gasteiger partial charge in [-0.1, -0.05) is 83.8 Å². The number of rotatable bonds is 5. The molecule has 0 spiro atoms. The number of aryl methyl sites for hydroxylation is 1. The summed E-state index contributed by atoms with van der Waals surface area (Å²) >= 11 is 1.59. The third kappa shape index (κ3) is 5.58. The van der Waals surface area contributed by atoms with Crippen molar-refractivity contribution in [3.8, 4) is 23.0 Å². The molecular formula is C36H28N4OPtS. The Bertz CT molecular complexity index is 2120. The zero-order valence-corrected chi connectivity index (χ0v) is 27.2. The zero-order chi connectivity index (χ0) is 28.8. The summed E-state index contributed by atoms with van der Waals surface area (Å²) in [7, 11) is 0. The van der Waals surface area contributed by atoms with E-state index in [4.69, 9.17) is 4.74 Å². The van der Waals surface area contributed by atoms with E-state index in [1.165, 1.54) is 5.56 Å². The second-order valence-electron chi connectivity index (χ2n) is 11.3. The summed E-state index contributed by atoms with van der Waals surface area (Å²) < 4.78 is 8.27. The first-order chi connectivity index (χ1) is 20.3. The summed E-state index contributed by atoms with van der Waals surface area (Å²) in [4.78, 5) is 6.29. The molecule has 0 saturated heterocycles. The van der Waals surface area contributed by atoms with E-state index in [1.54, 1.807) is 18.0 Å². The maximum absolute atomic E-state index is 6.11. The summed E-state index contributed by atoms with van der Waals surface area (Å²) in [6, 6.07) is 37.9. The van der Waals surface area contributed by atoms with E-state index in [0.29, 0.717) is 11.6 Å². The van der Waals surface area contributed by atoms with Crippen molar-refractivity contribution in [1.29, 1.82) is 0 Å². The molecule has 4 aromatic carbocycles. The quantitative estimate of drug-likeness (QED) is 0.130. The van der Waals surface area contributed by atoms with Crippen LogP contribution in [0.4, 0.5) is 0 Å². The van der Waals surface area contributed by atoms with Crippen LogP contribution in [0, 0.1) is 19.1 Å². The summed E-state index contributed by atoms with van der Waals surface area (Å²) in [5, 5.41) is 12.5. The van der Waals surface area contributed by atoms with E-state index < -0.39 is 0 Å². The Balaban J connectivity index is 0.00000329. The Kier molecular flexibility index (Phi) is 7.85. The van der Waals surface area contributed by atoms with E-state index in [1.807, 2.05) is 42.5 Å². The van der Waals surface area contributed by atoms with Crippen molar-refractivity contribution in [3.63, 3.8) is 0 Å². The van der Waals surface area contributed by atoms with Gasteiger partial charge in [0.2, 0.25) is 5.88 Å². The molecule has 43 heavy (non-hydrogen) atoms. The van der Waals surface area contributed by atoms with Crippen LogP contribution in [0.5, 0.6) is 11.6 Å². The Hall–Kier alpha value is -3.99. The third-order valence-corrected chi connectivity index (χ3v) is 8.32. The monoisotopic (exact) mass is 759 g/mol. The van der Waals surface area contributed by atoms with E-state index in [9.17, 15) is 0 Å². The Morgan fingerprint density at radius 1 is 0.791 bits per heavy atom. The Morgan fingerprint density at radius 3 is 2.42 bits per heavy atom. The normalized spacial score (nSPS) is 11.6. The number of fused-ring (bicyclic) bond motifs is 6. The van der Waals surface area contributed by atoms with Crippen LogP contribution >= 0.6 is 11.8 Å². The van der Waals surface area contributed by atoms with Gasteiger partial charge in [-0.15, -0.1) is 47.2 Å². The van der Waals surface area contributed by atoms with Gasteiger partial charge in [-0.25, -0.2) is 4.98 Å². The van der Waals surface area contributed by atoms with Crippen LogP contribution in [0.2, 0.25) is 0 Å². The third-order valence-electron chi connectivity index (χ3n) is 7.40. The molecule has 7 rings (SSSR count). The Morgan fingerprint density at radius 2 is 1.58 bits per heavy atom. The number of hydrogen-bond donors (Lipinski definition) is 0. The molecule has 0 N–H and O–H groups in total. The summed E-state index contributed by atoms with van der Waals surface area (Å²) in [5.74, 6) is 2.01. The second-order valence-corrected chi connectivity index (χ2v) is 12.4. The van der Waals surface area contributed by atoms with E-state index in [-0.39, 0.29) is 26.5 Å². The molecule has 7 heteroatoms. The van der Waals surface area contributed by atoms with Crippen molar-refractivity contribution in [2.75, 3.05) is 0 Å². The smallest absolute Gasteiger partial charge is 0.466 e. The number of para-hydroxylation sites is 1. The van der Waals surface area contributed by atoms with Gasteiger partial charge in [0, 0.05) is 29.1 Å². The van der Waals surface area contributed by atoms with Crippen molar-refractivity contribution in [2.24, 2.45) is 0 Å². The first-order valence-electron chi connectivity index (χ1n) is 13.9. The van der Waals surface area contributed by atoms with Crippen LogP contribution in [0.25, 0.3) is 38.7 Å². The fraction of sp³-hybridized carbons (Fsp3) is 0.139. The number of nitrogens with zero attached hydrogens (tertiary/aromatic N) is 4. The van der Waals surface area contributed by atoms with Crippen LogP contribution in [0.3, 0.4) is 0 Å². The molecule has 0 aliphatic heterocycles. The van der Waals surface area contributed by atoms with Gasteiger partial charge in [-0.3, -0.25) is 0 Å². The van der Waals surface area contributed by atoms with Crippen LogP contribution in [-0.2, 0) is 26.5 Å². The van der Waals surface area contributed by atoms with Gasteiger partial charge in [0.05, 0.1) is 5.65 Å². The average molecular weight is 760 g/mol. The average Bonchev–Trinajstić information content (AvgIpc) is 3.43. The van der Waals surface area contributed by atoms with Crippen LogP contribution < -0.4 is 4.74 Å². The maximum atomic E-state index is 6.11. The van der Waals surface area contributed by atoms with Crippen molar-refractivity contribution in [1.82, 2.24) is 19.6 Å². The first-order valence-corrected chi connectivity index (χ1v) is 14.7. The van der Waals surface area contributed by atoms with Gasteiger partial charge in [-0.05, 0) is 41.0 Å². The number of ether oxygens (including phenoxy) is 1. The molecule has 3 heterocycles. The molecule has 0 radical (unpaired) electrons. The first kappa shape index (κ1) is 29.1. The van der Waals surface area contributed by atoms with Gasteiger partial charge in [0.25, 0.3) is 0 Å². The van der Waals surface area contributed by atoms with Crippen molar-refractivity contribution >= 4 is 39.1 Å². The largest absolute Gasteiger partial charge is 2.00 e. The van der Waals surface area contributed by atoms with Crippen molar-refractivity contribution in [3.05, 3.63) is 120 Å². The number of pyridine rings is 2. The molecule has 0 bridgehead atoms. The fourth-order valence-electron chi connectivity index (χ4n) is 5.21. The summed E-state index contributed by atoms with van der Waals surface area (Å²) in [6.07, 6.45) is 1.79. The molecule has 3 aromatic heterocycles. The molecule has 214 valence electrons. The van der Waals surface area contributed by atoms with Gasteiger partial charge in [0.1, 0.15) is 0 Å². The van der Waals surface area contributed by atoms with Gasteiger partial charge in [-0.2, -0.15) is 17.2 Å². The minimum atomic E-state index is 0. The van der Waals surface area contributed by atoms with Crippen LogP contribution in [-0.4, -0.2) is 19.6 Å². The minimum Gasteiger partial charge on any atom is -0.466 e. The number of hydrogen-bond acceptors (Lipinski definition) is 5. The zero-order valence-electron chi connectivity index (χ0n) is 24.2. The predicted molar refractivity (Wildman–Crippen MR) is 169 cm³/mol. The maximum Gasteiger partial charge on any atom is 2.00 e. The summed E-state index contributed by atoms with van der Waals surface area (Å²) in [6.45, 7) is 8.63. The number of aromatic nitrogens is 4. The van der Waals surface area contributed by atoms with Gasteiger partial charge >= 0.3 is 21.1 Å². The molecule has 0 aliphatic carbocycles. The van der Waals surface area contributed by atoms with E-state index >= 15 is 0 Å². The van der Waals surface area contributed by atoms with Crippen molar-refractivity contribution in [2.45, 2.75) is 42.9 Å². The van der Waals surface area contributed by atoms with Crippen molar-refractivity contribution < 1.29 is 25.8 Å². The molecule has 0 aliphatic rings. The molecule has 5 nitrogen and oxygen atoms in total. The Labute approximate surface area is 269 Å². The van der Waals surface area contributed by atoms with Crippen LogP contribution in [0.1, 0.15) is 31.9 Å². The van der Waals surface area contributed by atoms with Gasteiger partial charge in [0.15, 0.2) is 5.82 Å². The minimum absolute atomic E-state index is 0. The molecular weight excluding hydrogens is 732 g/mol. The second kappa shape index (κ2) is 11.6. The van der Waals surface area contributed by atoms with Crippen LogP contribution in [0.15, 0.2) is 107 Å². The van der Waals surface area contributed by atoms with E-state index in [0.717, 1.165) is 54.1 Å². The SMILES string of the molecule is Cc1ccccc1-c1nnc2c3[c-]c(Sc4[c-]c(Oc5cc(C(C)(C)C)ccn5)ccc4)ccc3c3ccccc3n12.[Pt+2]. The van der Waals surface area contributed by atoms with Gasteiger partial charge < -0.3 is 9.14 Å². The fourth-order valence-corrected chi connectivity index (χ4v) is 6.04. The summed E-state index contributed by atoms with van der Waals surface area (Å²) in [5.41, 5.74) is 5.25. The topological polar surface area (TPSA) is 52.3 Å². The standard InChI is InChI=1S/C36H28N4OS.Pt/c1-23-10-5-6-13-28(23)34-38-39-35-31-22-27(16-17-29(31)30-14-7-8-15-32(30)40(34)35)42-26-12-9-11-25(21-26)41-33-20-24(18-19-37-33)36(2,3)4;/h5-20H,1-4H3;/q-2;+2. The number of benzene rings is 4. The molecule has 0 fully saturated rings. The molecule has 0 unspecified atom stereocenters. The predicted octanol–water partition coefficient (Wildman–Crippen LogP) is 9.24. The molecule has 7 aromatic rings. The molecule has 0 atom stereocenters. The molecule has 0 amide bonds. The van der Waals surface area contributed by atoms with E-state index in [2.05, 4.69) is 108 Å².